The molecule has 0 bridgehead atoms. The van der Waals surface area contributed by atoms with Gasteiger partial charge in [-0.15, -0.1) is 24.0 Å². The van der Waals surface area contributed by atoms with Gasteiger partial charge in [0.2, 0.25) is 0 Å². The molecule has 0 radical (unpaired) electrons. The third-order valence-corrected chi connectivity index (χ3v) is 4.98. The van der Waals surface area contributed by atoms with Crippen molar-refractivity contribution in [2.75, 3.05) is 59.2 Å². The highest BCUT2D eigenvalue weighted by molar-refractivity contribution is 14.0. The van der Waals surface area contributed by atoms with E-state index < -0.39 is 5.60 Å². The Labute approximate surface area is 185 Å². The van der Waals surface area contributed by atoms with E-state index in [2.05, 4.69) is 15.2 Å². The molecule has 9 heteroatoms. The molecule has 3 heterocycles. The Bertz CT molecular complexity index is 535. The lowest BCUT2D eigenvalue weighted by Crippen LogP contribution is -2.57. The minimum atomic E-state index is -0.458. The number of halogens is 1. The molecule has 0 spiro atoms. The topological polar surface area (TPSA) is 75.6 Å². The molecule has 0 aromatic carbocycles. The Morgan fingerprint density at radius 2 is 2.18 bits per heavy atom. The first-order valence-electron chi connectivity index (χ1n) is 10.1. The highest BCUT2D eigenvalue weighted by Crippen LogP contribution is 2.18. The van der Waals surface area contributed by atoms with Crippen LogP contribution in [0.3, 0.4) is 0 Å². The van der Waals surface area contributed by atoms with Gasteiger partial charge in [-0.05, 0) is 33.6 Å². The lowest BCUT2D eigenvalue weighted by Gasteiger charge is -2.39. The molecule has 1 N–H and O–H groups in total. The van der Waals surface area contributed by atoms with E-state index in [-0.39, 0.29) is 36.1 Å². The predicted octanol–water partition coefficient (Wildman–Crippen LogP) is 1.93. The molecule has 0 aliphatic carbocycles. The molecule has 0 aromatic heterocycles. The standard InChI is InChI=1S/C19H34N4O4.HI/c1-19(2,3)27-18(24)22-7-8-23-16(12-22)11-21-17(23)20-6-4-9-25-13-15-5-10-26-14-15;/h15-16H,4-14H2,1-3H3,(H,20,21);1H. The normalized spacial score (nSPS) is 24.5. The maximum Gasteiger partial charge on any atom is 0.410 e. The number of guanidine groups is 1. The van der Waals surface area contributed by atoms with Gasteiger partial charge in [-0.3, -0.25) is 4.99 Å². The summed E-state index contributed by atoms with van der Waals surface area (Å²) < 4.78 is 16.6. The maximum atomic E-state index is 12.3. The SMILES string of the molecule is CC(C)(C)OC(=O)N1CCN2C(NCCCOCC3CCOC3)=NCC2C1.I. The van der Waals surface area contributed by atoms with E-state index in [1.807, 2.05) is 20.8 Å². The van der Waals surface area contributed by atoms with Crippen molar-refractivity contribution >= 4 is 36.0 Å². The van der Waals surface area contributed by atoms with Crippen molar-refractivity contribution in [3.63, 3.8) is 0 Å². The van der Waals surface area contributed by atoms with E-state index in [0.29, 0.717) is 19.0 Å². The predicted molar refractivity (Wildman–Crippen MR) is 118 cm³/mol. The molecule has 8 nitrogen and oxygen atoms in total. The number of piperazine rings is 1. The number of fused-ring (bicyclic) bond motifs is 1. The molecule has 2 unspecified atom stereocenters. The minimum Gasteiger partial charge on any atom is -0.444 e. The number of nitrogens with one attached hydrogen (secondary N) is 1. The van der Waals surface area contributed by atoms with Crippen molar-refractivity contribution in [3.05, 3.63) is 0 Å². The molecule has 162 valence electrons. The number of hydrogen-bond donors (Lipinski definition) is 1. The molecule has 0 aromatic rings. The number of hydrogen-bond acceptors (Lipinski definition) is 7. The van der Waals surface area contributed by atoms with Crippen LogP contribution in [0, 0.1) is 5.92 Å². The largest absolute Gasteiger partial charge is 0.444 e. The summed E-state index contributed by atoms with van der Waals surface area (Å²) in [4.78, 5) is 21.0. The van der Waals surface area contributed by atoms with Crippen molar-refractivity contribution in [2.45, 2.75) is 45.3 Å². The van der Waals surface area contributed by atoms with E-state index >= 15 is 0 Å². The van der Waals surface area contributed by atoms with Crippen LogP contribution in [0.2, 0.25) is 0 Å². The Balaban J connectivity index is 0.00000280. The average Bonchev–Trinajstić information content (AvgIpc) is 3.26. The van der Waals surface area contributed by atoms with Gasteiger partial charge in [-0.1, -0.05) is 0 Å². The van der Waals surface area contributed by atoms with Crippen LogP contribution < -0.4 is 5.32 Å². The van der Waals surface area contributed by atoms with Crippen LogP contribution in [-0.2, 0) is 14.2 Å². The fraction of sp³-hybridized carbons (Fsp3) is 0.895. The summed E-state index contributed by atoms with van der Waals surface area (Å²) in [6.07, 6.45) is 1.84. The summed E-state index contributed by atoms with van der Waals surface area (Å²) in [5.74, 6) is 1.52. The summed E-state index contributed by atoms with van der Waals surface area (Å²) in [6.45, 7) is 12.6. The van der Waals surface area contributed by atoms with E-state index in [4.69, 9.17) is 14.2 Å². The van der Waals surface area contributed by atoms with Gasteiger partial charge in [0.25, 0.3) is 0 Å². The first-order chi connectivity index (χ1) is 12.9. The Morgan fingerprint density at radius 1 is 1.36 bits per heavy atom. The third kappa shape index (κ3) is 6.91. The van der Waals surface area contributed by atoms with Crippen LogP contribution >= 0.6 is 24.0 Å². The molecule has 28 heavy (non-hydrogen) atoms. The zero-order valence-corrected chi connectivity index (χ0v) is 19.6. The van der Waals surface area contributed by atoms with Crippen molar-refractivity contribution in [1.29, 1.82) is 0 Å². The van der Waals surface area contributed by atoms with E-state index in [1.165, 1.54) is 0 Å². The molecular weight excluding hydrogens is 475 g/mol. The molecule has 0 saturated carbocycles. The van der Waals surface area contributed by atoms with Crippen molar-refractivity contribution < 1.29 is 19.0 Å². The zero-order valence-electron chi connectivity index (χ0n) is 17.3. The number of carbonyl (C=O) groups excluding carboxylic acids is 1. The van der Waals surface area contributed by atoms with Gasteiger partial charge in [0.1, 0.15) is 5.60 Å². The Hall–Kier alpha value is -0.810. The summed E-state index contributed by atoms with van der Waals surface area (Å²) >= 11 is 0. The second-order valence-electron chi connectivity index (χ2n) is 8.52. The van der Waals surface area contributed by atoms with Crippen LogP contribution in [0.1, 0.15) is 33.6 Å². The molecular formula is C19H35IN4O4. The van der Waals surface area contributed by atoms with Crippen molar-refractivity contribution in [2.24, 2.45) is 10.9 Å². The summed E-state index contributed by atoms with van der Waals surface area (Å²) in [5, 5.41) is 3.43. The van der Waals surface area contributed by atoms with Crippen LogP contribution in [0.5, 0.6) is 0 Å². The van der Waals surface area contributed by atoms with Gasteiger partial charge in [-0.2, -0.15) is 0 Å². The molecule has 3 aliphatic heterocycles. The molecule has 2 saturated heterocycles. The molecule has 2 fully saturated rings. The van der Waals surface area contributed by atoms with E-state index in [0.717, 1.165) is 64.9 Å². The molecule has 3 aliphatic rings. The first-order valence-corrected chi connectivity index (χ1v) is 10.1. The van der Waals surface area contributed by atoms with E-state index in [1.54, 1.807) is 4.90 Å². The van der Waals surface area contributed by atoms with Gasteiger partial charge in [0.15, 0.2) is 5.96 Å². The highest BCUT2D eigenvalue weighted by Gasteiger charge is 2.36. The second kappa shape index (κ2) is 10.8. The van der Waals surface area contributed by atoms with Gasteiger partial charge in [-0.25, -0.2) is 4.79 Å². The maximum absolute atomic E-state index is 12.3. The lowest BCUT2D eigenvalue weighted by atomic mass is 10.1. The zero-order chi connectivity index (χ0) is 19.3. The van der Waals surface area contributed by atoms with Crippen LogP contribution in [-0.4, -0.2) is 92.6 Å². The molecule has 1 amide bonds. The van der Waals surface area contributed by atoms with Gasteiger partial charge >= 0.3 is 6.09 Å². The van der Waals surface area contributed by atoms with Crippen LogP contribution in [0.15, 0.2) is 4.99 Å². The first kappa shape index (κ1) is 23.5. The monoisotopic (exact) mass is 510 g/mol. The van der Waals surface area contributed by atoms with Crippen LogP contribution in [0.25, 0.3) is 0 Å². The summed E-state index contributed by atoms with van der Waals surface area (Å²) in [7, 11) is 0. The summed E-state index contributed by atoms with van der Waals surface area (Å²) in [5.41, 5.74) is -0.458. The molecule has 3 rings (SSSR count). The molecule has 2 atom stereocenters. The van der Waals surface area contributed by atoms with Gasteiger partial charge in [0.05, 0.1) is 25.8 Å². The number of nitrogens with zero attached hydrogens (tertiary/aromatic N) is 3. The number of amides is 1. The average molecular weight is 510 g/mol. The quantitative estimate of drug-likeness (QED) is 0.435. The van der Waals surface area contributed by atoms with Gasteiger partial charge in [0, 0.05) is 45.3 Å². The van der Waals surface area contributed by atoms with E-state index in [9.17, 15) is 4.79 Å². The van der Waals surface area contributed by atoms with Gasteiger partial charge < -0.3 is 29.3 Å². The smallest absolute Gasteiger partial charge is 0.410 e. The third-order valence-electron chi connectivity index (χ3n) is 4.98. The number of ether oxygens (including phenoxy) is 3. The minimum absolute atomic E-state index is 0. The fourth-order valence-corrected chi connectivity index (χ4v) is 3.56. The van der Waals surface area contributed by atoms with Crippen LogP contribution in [0.4, 0.5) is 4.79 Å². The summed E-state index contributed by atoms with van der Waals surface area (Å²) in [6, 6.07) is 0.243. The number of carbonyl (C=O) groups is 1. The lowest BCUT2D eigenvalue weighted by molar-refractivity contribution is 0.0137. The Kier molecular flexibility index (Phi) is 9.07. The second-order valence-corrected chi connectivity index (χ2v) is 8.52. The fourth-order valence-electron chi connectivity index (χ4n) is 3.56. The van der Waals surface area contributed by atoms with Crippen molar-refractivity contribution in [3.8, 4) is 0 Å². The number of rotatable bonds is 6. The highest BCUT2D eigenvalue weighted by atomic mass is 127. The number of aliphatic imine (C=N–C) groups is 1. The van der Waals surface area contributed by atoms with Crippen molar-refractivity contribution in [1.82, 2.24) is 15.1 Å². The Morgan fingerprint density at radius 3 is 2.89 bits per heavy atom.